The molecule has 1 atom stereocenters. The van der Waals surface area contributed by atoms with Crippen LogP contribution in [-0.2, 0) is 16.0 Å². The minimum Gasteiger partial charge on any atom is -0.457 e. The van der Waals surface area contributed by atoms with Gasteiger partial charge in [-0.3, -0.25) is 9.78 Å². The number of nitrogen functional groups attached to an aromatic ring is 1. The van der Waals surface area contributed by atoms with Gasteiger partial charge in [0.2, 0.25) is 0 Å². The van der Waals surface area contributed by atoms with E-state index in [0.29, 0.717) is 5.69 Å². The van der Waals surface area contributed by atoms with Gasteiger partial charge >= 0.3 is 5.97 Å². The number of pyridine rings is 1. The Hall–Kier alpha value is -2.36. The maximum atomic E-state index is 11.8. The van der Waals surface area contributed by atoms with Crippen LogP contribution in [0.2, 0.25) is 0 Å². The van der Waals surface area contributed by atoms with Crippen molar-refractivity contribution in [3.8, 4) is 0 Å². The van der Waals surface area contributed by atoms with E-state index in [1.807, 2.05) is 31.2 Å². The summed E-state index contributed by atoms with van der Waals surface area (Å²) in [5, 5.41) is 0. The molecule has 2 aromatic rings. The molecule has 4 heteroatoms. The van der Waals surface area contributed by atoms with Crippen molar-refractivity contribution in [3.63, 3.8) is 0 Å². The zero-order valence-electron chi connectivity index (χ0n) is 10.7. The highest BCUT2D eigenvalue weighted by Crippen LogP contribution is 2.23. The zero-order chi connectivity index (χ0) is 13.7. The molecule has 1 unspecified atom stereocenters. The summed E-state index contributed by atoms with van der Waals surface area (Å²) in [5.74, 6) is -0.288. The second kappa shape index (κ2) is 6.00. The molecule has 0 amide bonds. The Balaban J connectivity index is 1.98. The van der Waals surface area contributed by atoms with Crippen LogP contribution in [0, 0.1) is 0 Å². The minimum atomic E-state index is -0.356. The van der Waals surface area contributed by atoms with Gasteiger partial charge in [-0.05, 0) is 24.6 Å². The van der Waals surface area contributed by atoms with E-state index in [9.17, 15) is 4.79 Å². The van der Waals surface area contributed by atoms with Gasteiger partial charge in [0.25, 0.3) is 0 Å². The molecule has 98 valence electrons. The largest absolute Gasteiger partial charge is 0.457 e. The Morgan fingerprint density at radius 2 is 2.11 bits per heavy atom. The molecule has 0 aliphatic heterocycles. The highest BCUT2D eigenvalue weighted by molar-refractivity contribution is 5.72. The summed E-state index contributed by atoms with van der Waals surface area (Å²) in [7, 11) is 0. The average Bonchev–Trinajstić information content (AvgIpc) is 2.40. The first-order valence-corrected chi connectivity index (χ1v) is 6.09. The van der Waals surface area contributed by atoms with E-state index in [1.165, 1.54) is 0 Å². The van der Waals surface area contributed by atoms with E-state index in [1.54, 1.807) is 24.5 Å². The molecule has 1 aromatic carbocycles. The van der Waals surface area contributed by atoms with Gasteiger partial charge in [-0.25, -0.2) is 0 Å². The van der Waals surface area contributed by atoms with Crippen LogP contribution in [-0.4, -0.2) is 11.0 Å². The smallest absolute Gasteiger partial charge is 0.310 e. The molecule has 1 aromatic heterocycles. The second-order valence-corrected chi connectivity index (χ2v) is 4.30. The van der Waals surface area contributed by atoms with E-state index in [4.69, 9.17) is 10.5 Å². The molecule has 0 bridgehead atoms. The molecular formula is C15H16N2O2. The molecule has 0 aliphatic carbocycles. The number of carbonyl (C=O) groups is 1. The minimum absolute atomic E-state index is 0.213. The van der Waals surface area contributed by atoms with Crippen molar-refractivity contribution in [3.05, 3.63) is 59.9 Å². The fraction of sp³-hybridized carbons (Fsp3) is 0.200. The van der Waals surface area contributed by atoms with Crippen molar-refractivity contribution < 1.29 is 9.53 Å². The van der Waals surface area contributed by atoms with Crippen LogP contribution in [0.3, 0.4) is 0 Å². The van der Waals surface area contributed by atoms with Crippen molar-refractivity contribution in [2.45, 2.75) is 19.4 Å². The number of aromatic nitrogens is 1. The lowest BCUT2D eigenvalue weighted by Gasteiger charge is -2.15. The van der Waals surface area contributed by atoms with Gasteiger partial charge in [0.15, 0.2) is 0 Å². The van der Waals surface area contributed by atoms with Gasteiger partial charge in [0.05, 0.1) is 6.42 Å². The molecule has 2 N–H and O–H groups in total. The van der Waals surface area contributed by atoms with Crippen LogP contribution < -0.4 is 5.73 Å². The summed E-state index contributed by atoms with van der Waals surface area (Å²) in [5.41, 5.74) is 8.13. The first kappa shape index (κ1) is 13.1. The van der Waals surface area contributed by atoms with Crippen LogP contribution in [0.1, 0.15) is 24.2 Å². The molecule has 19 heavy (non-hydrogen) atoms. The second-order valence-electron chi connectivity index (χ2n) is 4.30. The van der Waals surface area contributed by atoms with Crippen molar-refractivity contribution in [1.82, 2.24) is 4.98 Å². The number of nitrogens with zero attached hydrogens (tertiary/aromatic N) is 1. The lowest BCUT2D eigenvalue weighted by atomic mass is 10.1. The fourth-order valence-electron chi connectivity index (χ4n) is 1.85. The first-order valence-electron chi connectivity index (χ1n) is 6.09. The Morgan fingerprint density at radius 3 is 2.79 bits per heavy atom. The maximum absolute atomic E-state index is 11.8. The number of benzene rings is 1. The third-order valence-electron chi connectivity index (χ3n) is 2.81. The molecule has 0 radical (unpaired) electrons. The lowest BCUT2D eigenvalue weighted by molar-refractivity contribution is -0.147. The molecule has 0 saturated carbocycles. The third-order valence-corrected chi connectivity index (χ3v) is 2.81. The van der Waals surface area contributed by atoms with E-state index in [-0.39, 0.29) is 18.5 Å². The van der Waals surface area contributed by atoms with Crippen molar-refractivity contribution in [2.75, 3.05) is 5.73 Å². The number of hydrogen-bond donors (Lipinski definition) is 1. The van der Waals surface area contributed by atoms with E-state index in [2.05, 4.69) is 4.98 Å². The predicted molar refractivity (Wildman–Crippen MR) is 73.3 cm³/mol. The number of carbonyl (C=O) groups excluding carboxylic acids is 1. The SMILES string of the molecule is CC(OC(=O)Cc1cccnc1)c1ccccc1N. The molecule has 4 nitrogen and oxygen atoms in total. The number of para-hydroxylation sites is 1. The van der Waals surface area contributed by atoms with Crippen LogP contribution in [0.15, 0.2) is 48.8 Å². The number of nitrogens with two attached hydrogens (primary N) is 1. The standard InChI is InChI=1S/C15H16N2O2/c1-11(13-6-2-3-7-14(13)16)19-15(18)9-12-5-4-8-17-10-12/h2-8,10-11H,9,16H2,1H3. The number of rotatable bonds is 4. The number of anilines is 1. The normalized spacial score (nSPS) is 11.8. The van der Waals surface area contributed by atoms with Crippen LogP contribution in [0.5, 0.6) is 0 Å². The molecule has 2 rings (SSSR count). The molecular weight excluding hydrogens is 240 g/mol. The molecule has 0 aliphatic rings. The van der Waals surface area contributed by atoms with Gasteiger partial charge in [-0.15, -0.1) is 0 Å². The number of esters is 1. The zero-order valence-corrected chi connectivity index (χ0v) is 10.7. The van der Waals surface area contributed by atoms with E-state index in [0.717, 1.165) is 11.1 Å². The summed E-state index contributed by atoms with van der Waals surface area (Å²) in [6, 6.07) is 11.0. The molecule has 0 spiro atoms. The number of ether oxygens (including phenoxy) is 1. The van der Waals surface area contributed by atoms with Crippen molar-refractivity contribution in [1.29, 1.82) is 0 Å². The maximum Gasteiger partial charge on any atom is 0.310 e. The summed E-state index contributed by atoms with van der Waals surface area (Å²) in [6.45, 7) is 1.81. The predicted octanol–water partition coefficient (Wildman–Crippen LogP) is 2.51. The summed E-state index contributed by atoms with van der Waals surface area (Å²) >= 11 is 0. The van der Waals surface area contributed by atoms with Crippen LogP contribution in [0.25, 0.3) is 0 Å². The lowest BCUT2D eigenvalue weighted by Crippen LogP contribution is -2.12. The molecule has 1 heterocycles. The van der Waals surface area contributed by atoms with Gasteiger partial charge in [0.1, 0.15) is 6.10 Å². The summed E-state index contributed by atoms with van der Waals surface area (Å²) < 4.78 is 5.37. The Morgan fingerprint density at radius 1 is 1.32 bits per heavy atom. The monoisotopic (exact) mass is 256 g/mol. The van der Waals surface area contributed by atoms with Crippen molar-refractivity contribution >= 4 is 11.7 Å². The Kier molecular flexibility index (Phi) is 4.13. The van der Waals surface area contributed by atoms with Gasteiger partial charge < -0.3 is 10.5 Å². The van der Waals surface area contributed by atoms with Gasteiger partial charge in [-0.2, -0.15) is 0 Å². The third kappa shape index (κ3) is 3.55. The highest BCUT2D eigenvalue weighted by atomic mass is 16.5. The van der Waals surface area contributed by atoms with E-state index >= 15 is 0 Å². The summed E-state index contributed by atoms with van der Waals surface area (Å²) in [4.78, 5) is 15.8. The highest BCUT2D eigenvalue weighted by Gasteiger charge is 2.14. The molecule has 0 fully saturated rings. The quantitative estimate of drug-likeness (QED) is 0.674. The Bertz CT molecular complexity index is 555. The van der Waals surface area contributed by atoms with Gasteiger partial charge in [-0.1, -0.05) is 24.3 Å². The van der Waals surface area contributed by atoms with Gasteiger partial charge in [0, 0.05) is 23.6 Å². The first-order chi connectivity index (χ1) is 9.16. The summed E-state index contributed by atoms with van der Waals surface area (Å²) in [6.07, 6.45) is 3.18. The topological polar surface area (TPSA) is 65.2 Å². The number of hydrogen-bond acceptors (Lipinski definition) is 4. The van der Waals surface area contributed by atoms with Crippen LogP contribution >= 0.6 is 0 Å². The average molecular weight is 256 g/mol. The molecule has 0 saturated heterocycles. The Labute approximate surface area is 112 Å². The van der Waals surface area contributed by atoms with Crippen LogP contribution in [0.4, 0.5) is 5.69 Å². The van der Waals surface area contributed by atoms with E-state index < -0.39 is 0 Å². The van der Waals surface area contributed by atoms with Crippen molar-refractivity contribution in [2.24, 2.45) is 0 Å². The fourth-order valence-corrected chi connectivity index (χ4v) is 1.85.